The Morgan fingerprint density at radius 3 is 2.72 bits per heavy atom. The maximum Gasteiger partial charge on any atom is 0.178 e. The van der Waals surface area contributed by atoms with Gasteiger partial charge in [0.2, 0.25) is 0 Å². The van der Waals surface area contributed by atoms with Crippen molar-refractivity contribution in [2.75, 3.05) is 6.26 Å². The van der Waals surface area contributed by atoms with Crippen LogP contribution in [0.1, 0.15) is 5.56 Å². The molecule has 0 amide bonds. The van der Waals surface area contributed by atoms with Gasteiger partial charge in [0, 0.05) is 23.0 Å². The maximum atomic E-state index is 11.4. The molecule has 96 valence electrons. The molecule has 0 aliphatic heterocycles. The standard InChI is InChI=1S/C11H11ClN2O3S/c1-18(16,17)10-5-13-14(6-10)11-3-2-9(12)4-8(11)7-15/h2-6,15H,7H2,1H3. The summed E-state index contributed by atoms with van der Waals surface area (Å²) in [7, 11) is -3.29. The topological polar surface area (TPSA) is 72.2 Å². The van der Waals surface area contributed by atoms with Crippen LogP contribution in [0, 0.1) is 0 Å². The molecule has 0 spiro atoms. The normalized spacial score (nSPS) is 11.7. The minimum absolute atomic E-state index is 0.126. The molecule has 0 bridgehead atoms. The Hall–Kier alpha value is -1.37. The number of rotatable bonds is 3. The second-order valence-electron chi connectivity index (χ2n) is 3.82. The summed E-state index contributed by atoms with van der Waals surface area (Å²) in [6, 6.07) is 4.93. The van der Waals surface area contributed by atoms with E-state index in [0.717, 1.165) is 6.26 Å². The van der Waals surface area contributed by atoms with Crippen LogP contribution in [0.2, 0.25) is 5.02 Å². The monoisotopic (exact) mass is 286 g/mol. The second kappa shape index (κ2) is 4.72. The van der Waals surface area contributed by atoms with Gasteiger partial charge < -0.3 is 5.11 Å². The summed E-state index contributed by atoms with van der Waals surface area (Å²) < 4.78 is 24.1. The van der Waals surface area contributed by atoms with E-state index in [1.54, 1.807) is 18.2 Å². The largest absolute Gasteiger partial charge is 0.392 e. The number of aromatic nitrogens is 2. The summed E-state index contributed by atoms with van der Waals surface area (Å²) in [5, 5.41) is 13.7. The lowest BCUT2D eigenvalue weighted by Gasteiger charge is -2.07. The first kappa shape index (κ1) is 13.1. The fraction of sp³-hybridized carbons (Fsp3) is 0.182. The molecule has 1 N–H and O–H groups in total. The molecule has 0 atom stereocenters. The zero-order chi connectivity index (χ0) is 13.3. The van der Waals surface area contributed by atoms with E-state index in [2.05, 4.69) is 5.10 Å². The van der Waals surface area contributed by atoms with Crippen LogP contribution in [0.15, 0.2) is 35.5 Å². The molecule has 7 heteroatoms. The maximum absolute atomic E-state index is 11.4. The molecular formula is C11H11ClN2O3S. The molecule has 1 aromatic carbocycles. The zero-order valence-corrected chi connectivity index (χ0v) is 11.1. The van der Waals surface area contributed by atoms with Gasteiger partial charge in [0.05, 0.1) is 18.5 Å². The van der Waals surface area contributed by atoms with Crippen molar-refractivity contribution < 1.29 is 13.5 Å². The number of hydrogen-bond donors (Lipinski definition) is 1. The van der Waals surface area contributed by atoms with Crippen LogP contribution in [0.4, 0.5) is 0 Å². The minimum Gasteiger partial charge on any atom is -0.392 e. The van der Waals surface area contributed by atoms with Gasteiger partial charge in [-0.2, -0.15) is 5.10 Å². The van der Waals surface area contributed by atoms with Gasteiger partial charge in [-0.3, -0.25) is 0 Å². The predicted octanol–water partition coefficient (Wildman–Crippen LogP) is 1.42. The number of benzene rings is 1. The molecule has 0 fully saturated rings. The Kier molecular flexibility index (Phi) is 3.43. The third-order valence-corrected chi connectivity index (χ3v) is 3.75. The molecule has 2 aromatic rings. The van der Waals surface area contributed by atoms with E-state index in [1.807, 2.05) is 0 Å². The van der Waals surface area contributed by atoms with Gasteiger partial charge in [-0.15, -0.1) is 0 Å². The van der Waals surface area contributed by atoms with E-state index in [0.29, 0.717) is 16.3 Å². The number of halogens is 1. The second-order valence-corrected chi connectivity index (χ2v) is 6.28. The number of aliphatic hydroxyl groups is 1. The molecule has 0 radical (unpaired) electrons. The van der Waals surface area contributed by atoms with Crippen molar-refractivity contribution >= 4 is 21.4 Å². The highest BCUT2D eigenvalue weighted by molar-refractivity contribution is 7.90. The van der Waals surface area contributed by atoms with E-state index >= 15 is 0 Å². The van der Waals surface area contributed by atoms with E-state index in [1.165, 1.54) is 17.1 Å². The summed E-state index contributed by atoms with van der Waals surface area (Å²) in [6.07, 6.45) is 3.78. The van der Waals surface area contributed by atoms with Crippen LogP contribution >= 0.6 is 11.6 Å². The molecule has 5 nitrogen and oxygen atoms in total. The first-order valence-corrected chi connectivity index (χ1v) is 7.33. The summed E-state index contributed by atoms with van der Waals surface area (Å²) in [5.74, 6) is 0. The lowest BCUT2D eigenvalue weighted by Crippen LogP contribution is -2.00. The van der Waals surface area contributed by atoms with Crippen molar-refractivity contribution in [2.45, 2.75) is 11.5 Å². The number of nitrogens with zero attached hydrogens (tertiary/aromatic N) is 2. The number of sulfone groups is 1. The summed E-state index contributed by atoms with van der Waals surface area (Å²) in [5.41, 5.74) is 1.17. The van der Waals surface area contributed by atoms with Crippen LogP contribution in [0.25, 0.3) is 5.69 Å². The molecule has 0 saturated carbocycles. The summed E-state index contributed by atoms with van der Waals surface area (Å²) >= 11 is 5.82. The third kappa shape index (κ3) is 2.55. The lowest BCUT2D eigenvalue weighted by molar-refractivity contribution is 0.281. The lowest BCUT2D eigenvalue weighted by atomic mass is 10.2. The molecule has 2 rings (SSSR count). The smallest absolute Gasteiger partial charge is 0.178 e. The summed E-state index contributed by atoms with van der Waals surface area (Å²) in [4.78, 5) is 0.126. The van der Waals surface area contributed by atoms with Gasteiger partial charge in [0.25, 0.3) is 0 Å². The molecule has 0 aliphatic carbocycles. The van der Waals surface area contributed by atoms with Crippen molar-refractivity contribution in [3.8, 4) is 5.69 Å². The van der Waals surface area contributed by atoms with Gasteiger partial charge >= 0.3 is 0 Å². The molecule has 1 heterocycles. The average molecular weight is 287 g/mol. The Labute approximate surface area is 110 Å². The molecule has 18 heavy (non-hydrogen) atoms. The van der Waals surface area contributed by atoms with Crippen molar-refractivity contribution in [1.29, 1.82) is 0 Å². The number of hydrogen-bond acceptors (Lipinski definition) is 4. The van der Waals surface area contributed by atoms with Crippen LogP contribution < -0.4 is 0 Å². The fourth-order valence-electron chi connectivity index (χ4n) is 1.53. The van der Waals surface area contributed by atoms with Crippen molar-refractivity contribution in [1.82, 2.24) is 9.78 Å². The summed E-state index contributed by atoms with van der Waals surface area (Å²) in [6.45, 7) is -0.204. The SMILES string of the molecule is CS(=O)(=O)c1cnn(-c2ccc(Cl)cc2CO)c1. The average Bonchev–Trinajstić information content (AvgIpc) is 2.77. The highest BCUT2D eigenvalue weighted by Crippen LogP contribution is 2.20. The molecule has 0 aliphatic rings. The van der Waals surface area contributed by atoms with Crippen LogP contribution in [-0.4, -0.2) is 29.6 Å². The van der Waals surface area contributed by atoms with E-state index in [9.17, 15) is 13.5 Å². The van der Waals surface area contributed by atoms with E-state index < -0.39 is 9.84 Å². The highest BCUT2D eigenvalue weighted by atomic mass is 35.5. The van der Waals surface area contributed by atoms with Gasteiger partial charge in [-0.25, -0.2) is 13.1 Å². The van der Waals surface area contributed by atoms with Gasteiger partial charge in [-0.1, -0.05) is 11.6 Å². The predicted molar refractivity (Wildman–Crippen MR) is 67.6 cm³/mol. The van der Waals surface area contributed by atoms with Crippen LogP contribution in [0.5, 0.6) is 0 Å². The molecular weight excluding hydrogens is 276 g/mol. The Balaban J connectivity index is 2.53. The Bertz CT molecular complexity index is 679. The number of aliphatic hydroxyl groups excluding tert-OH is 1. The van der Waals surface area contributed by atoms with Crippen molar-refractivity contribution in [3.05, 3.63) is 41.2 Å². The third-order valence-electron chi connectivity index (χ3n) is 2.45. The van der Waals surface area contributed by atoms with Crippen LogP contribution in [0.3, 0.4) is 0 Å². The Morgan fingerprint density at radius 1 is 1.44 bits per heavy atom. The zero-order valence-electron chi connectivity index (χ0n) is 9.54. The first-order chi connectivity index (χ1) is 8.41. The Morgan fingerprint density at radius 2 is 2.17 bits per heavy atom. The van der Waals surface area contributed by atoms with E-state index in [-0.39, 0.29) is 11.5 Å². The van der Waals surface area contributed by atoms with Gasteiger partial charge in [0.15, 0.2) is 9.84 Å². The van der Waals surface area contributed by atoms with Gasteiger partial charge in [-0.05, 0) is 18.2 Å². The molecule has 0 unspecified atom stereocenters. The fourth-order valence-corrected chi connectivity index (χ4v) is 2.26. The minimum atomic E-state index is -3.29. The highest BCUT2D eigenvalue weighted by Gasteiger charge is 2.12. The van der Waals surface area contributed by atoms with Crippen molar-refractivity contribution in [3.63, 3.8) is 0 Å². The quantitative estimate of drug-likeness (QED) is 0.926. The van der Waals surface area contributed by atoms with Crippen molar-refractivity contribution in [2.24, 2.45) is 0 Å². The molecule has 1 aromatic heterocycles. The van der Waals surface area contributed by atoms with Gasteiger partial charge in [0.1, 0.15) is 4.90 Å². The van der Waals surface area contributed by atoms with E-state index in [4.69, 9.17) is 11.6 Å². The first-order valence-electron chi connectivity index (χ1n) is 5.06. The van der Waals surface area contributed by atoms with Crippen LogP contribution in [-0.2, 0) is 16.4 Å². The molecule has 0 saturated heterocycles.